The SMILES string of the molecule is COc1ccc(Nc2ncc(C(F)(F)F)cc2N)cn1. The number of halogens is 3. The van der Waals surface area contributed by atoms with Crippen molar-refractivity contribution in [3.05, 3.63) is 36.2 Å². The molecule has 0 bridgehead atoms. The summed E-state index contributed by atoms with van der Waals surface area (Å²) in [6.07, 6.45) is -2.30. The minimum Gasteiger partial charge on any atom is -0.481 e. The van der Waals surface area contributed by atoms with Crippen molar-refractivity contribution in [2.45, 2.75) is 6.18 Å². The van der Waals surface area contributed by atoms with Crippen molar-refractivity contribution in [3.8, 4) is 5.88 Å². The standard InChI is InChI=1S/C12H11F3N4O/c1-20-10-3-2-8(6-17-10)19-11-9(16)4-7(5-18-11)12(13,14)15/h2-6H,16H2,1H3,(H,18,19). The fourth-order valence-electron chi connectivity index (χ4n) is 1.45. The number of hydrogen-bond donors (Lipinski definition) is 2. The van der Waals surface area contributed by atoms with Crippen LogP contribution in [0.5, 0.6) is 5.88 Å². The van der Waals surface area contributed by atoms with Gasteiger partial charge in [0.2, 0.25) is 5.88 Å². The number of nitrogen functional groups attached to an aromatic ring is 1. The molecule has 0 radical (unpaired) electrons. The van der Waals surface area contributed by atoms with Crippen LogP contribution in [-0.4, -0.2) is 17.1 Å². The largest absolute Gasteiger partial charge is 0.481 e. The molecular weight excluding hydrogens is 273 g/mol. The third kappa shape index (κ3) is 3.08. The number of ether oxygens (including phenoxy) is 1. The summed E-state index contributed by atoms with van der Waals surface area (Å²) in [6, 6.07) is 4.07. The Morgan fingerprint density at radius 3 is 2.45 bits per heavy atom. The van der Waals surface area contributed by atoms with Crippen molar-refractivity contribution in [3.63, 3.8) is 0 Å². The van der Waals surface area contributed by atoms with E-state index in [1.165, 1.54) is 13.3 Å². The Kier molecular flexibility index (Phi) is 3.64. The molecule has 0 unspecified atom stereocenters. The molecule has 2 rings (SSSR count). The van der Waals surface area contributed by atoms with Crippen molar-refractivity contribution in [2.75, 3.05) is 18.2 Å². The van der Waals surface area contributed by atoms with Crippen LogP contribution in [0.2, 0.25) is 0 Å². The number of methoxy groups -OCH3 is 1. The lowest BCUT2D eigenvalue weighted by atomic mass is 10.2. The molecule has 2 heterocycles. The zero-order valence-electron chi connectivity index (χ0n) is 10.4. The molecule has 106 valence electrons. The van der Waals surface area contributed by atoms with Crippen LogP contribution >= 0.6 is 0 Å². The molecule has 0 aromatic carbocycles. The summed E-state index contributed by atoms with van der Waals surface area (Å²) >= 11 is 0. The minimum absolute atomic E-state index is 0.101. The molecule has 0 saturated heterocycles. The summed E-state index contributed by atoms with van der Waals surface area (Å²) in [5.74, 6) is 0.550. The first-order chi connectivity index (χ1) is 9.40. The van der Waals surface area contributed by atoms with E-state index in [1.54, 1.807) is 12.1 Å². The van der Waals surface area contributed by atoms with Gasteiger partial charge in [0.05, 0.1) is 30.2 Å². The maximum absolute atomic E-state index is 12.5. The maximum Gasteiger partial charge on any atom is 0.417 e. The summed E-state index contributed by atoms with van der Waals surface area (Å²) in [4.78, 5) is 7.61. The number of nitrogens with zero attached hydrogens (tertiary/aromatic N) is 2. The van der Waals surface area contributed by atoms with Crippen LogP contribution in [0, 0.1) is 0 Å². The monoisotopic (exact) mass is 284 g/mol. The molecule has 0 aliphatic carbocycles. The Balaban J connectivity index is 2.21. The Morgan fingerprint density at radius 1 is 1.20 bits per heavy atom. The third-order valence-corrected chi connectivity index (χ3v) is 2.45. The Labute approximate surface area is 112 Å². The number of rotatable bonds is 3. The Morgan fingerprint density at radius 2 is 1.95 bits per heavy atom. The van der Waals surface area contributed by atoms with Crippen LogP contribution in [0.3, 0.4) is 0 Å². The highest BCUT2D eigenvalue weighted by atomic mass is 19.4. The first kappa shape index (κ1) is 13.9. The smallest absolute Gasteiger partial charge is 0.417 e. The van der Waals surface area contributed by atoms with Crippen molar-refractivity contribution in [2.24, 2.45) is 0 Å². The second-order valence-corrected chi connectivity index (χ2v) is 3.87. The van der Waals surface area contributed by atoms with Crippen molar-refractivity contribution < 1.29 is 17.9 Å². The zero-order valence-corrected chi connectivity index (χ0v) is 10.4. The summed E-state index contributed by atoms with van der Waals surface area (Å²) in [6.45, 7) is 0. The molecule has 20 heavy (non-hydrogen) atoms. The molecule has 0 aliphatic rings. The molecule has 0 amide bonds. The number of pyridine rings is 2. The molecule has 3 N–H and O–H groups in total. The van der Waals surface area contributed by atoms with Gasteiger partial charge in [0, 0.05) is 12.3 Å². The van der Waals surface area contributed by atoms with E-state index in [9.17, 15) is 13.2 Å². The van der Waals surface area contributed by atoms with E-state index >= 15 is 0 Å². The number of aromatic nitrogens is 2. The lowest BCUT2D eigenvalue weighted by molar-refractivity contribution is -0.137. The van der Waals surface area contributed by atoms with Gasteiger partial charge in [0.1, 0.15) is 0 Å². The van der Waals surface area contributed by atoms with Gasteiger partial charge >= 0.3 is 6.18 Å². The van der Waals surface area contributed by atoms with Gasteiger partial charge < -0.3 is 15.8 Å². The van der Waals surface area contributed by atoms with Crippen LogP contribution in [0.4, 0.5) is 30.4 Å². The van der Waals surface area contributed by atoms with E-state index in [4.69, 9.17) is 10.5 Å². The molecule has 5 nitrogen and oxygen atoms in total. The highest BCUT2D eigenvalue weighted by Gasteiger charge is 2.31. The third-order valence-electron chi connectivity index (χ3n) is 2.45. The fourth-order valence-corrected chi connectivity index (χ4v) is 1.45. The predicted molar refractivity (Wildman–Crippen MR) is 67.7 cm³/mol. The van der Waals surface area contributed by atoms with Gasteiger partial charge in [0.25, 0.3) is 0 Å². The molecular formula is C12H11F3N4O. The lowest BCUT2D eigenvalue weighted by Crippen LogP contribution is -2.08. The van der Waals surface area contributed by atoms with E-state index in [0.717, 1.165) is 12.3 Å². The minimum atomic E-state index is -4.47. The number of hydrogen-bond acceptors (Lipinski definition) is 5. The second-order valence-electron chi connectivity index (χ2n) is 3.87. The number of anilines is 3. The van der Waals surface area contributed by atoms with Crippen LogP contribution in [0.15, 0.2) is 30.6 Å². The average molecular weight is 284 g/mol. The highest BCUT2D eigenvalue weighted by molar-refractivity contribution is 5.68. The van der Waals surface area contributed by atoms with Gasteiger partial charge in [0.15, 0.2) is 5.82 Å². The molecule has 2 aromatic rings. The number of nitrogens with two attached hydrogens (primary N) is 1. The van der Waals surface area contributed by atoms with E-state index < -0.39 is 11.7 Å². The average Bonchev–Trinajstić information content (AvgIpc) is 2.41. The molecule has 0 fully saturated rings. The maximum atomic E-state index is 12.5. The second kappa shape index (κ2) is 5.24. The van der Waals surface area contributed by atoms with E-state index in [1.807, 2.05) is 0 Å². The quantitative estimate of drug-likeness (QED) is 0.906. The Hall–Kier alpha value is -2.51. The van der Waals surface area contributed by atoms with Crippen LogP contribution in [-0.2, 0) is 6.18 Å². The number of alkyl halides is 3. The highest BCUT2D eigenvalue weighted by Crippen LogP contribution is 2.32. The Bertz CT molecular complexity index is 599. The summed E-state index contributed by atoms with van der Waals surface area (Å²) in [7, 11) is 1.48. The predicted octanol–water partition coefficient (Wildman–Crippen LogP) is 2.83. The van der Waals surface area contributed by atoms with Gasteiger partial charge in [-0.3, -0.25) is 0 Å². The van der Waals surface area contributed by atoms with Gasteiger partial charge in [-0.2, -0.15) is 13.2 Å². The lowest BCUT2D eigenvalue weighted by Gasteiger charge is -2.11. The summed E-state index contributed by atoms with van der Waals surface area (Å²) in [5.41, 5.74) is 5.09. The molecule has 8 heteroatoms. The van der Waals surface area contributed by atoms with Crippen molar-refractivity contribution in [1.29, 1.82) is 0 Å². The molecule has 2 aromatic heterocycles. The molecule has 0 saturated carbocycles. The molecule has 0 atom stereocenters. The van der Waals surface area contributed by atoms with Gasteiger partial charge in [-0.25, -0.2) is 9.97 Å². The topological polar surface area (TPSA) is 73.1 Å². The summed E-state index contributed by atoms with van der Waals surface area (Å²) in [5, 5.41) is 2.78. The van der Waals surface area contributed by atoms with E-state index in [-0.39, 0.29) is 11.5 Å². The first-order valence-electron chi connectivity index (χ1n) is 5.50. The van der Waals surface area contributed by atoms with Crippen LogP contribution in [0.1, 0.15) is 5.56 Å². The van der Waals surface area contributed by atoms with Gasteiger partial charge in [-0.05, 0) is 12.1 Å². The summed E-state index contributed by atoms with van der Waals surface area (Å²) < 4.78 is 42.3. The first-order valence-corrected chi connectivity index (χ1v) is 5.50. The van der Waals surface area contributed by atoms with E-state index in [2.05, 4.69) is 15.3 Å². The van der Waals surface area contributed by atoms with Crippen molar-refractivity contribution >= 4 is 17.2 Å². The van der Waals surface area contributed by atoms with Crippen LogP contribution in [0.25, 0.3) is 0 Å². The normalized spacial score (nSPS) is 11.2. The van der Waals surface area contributed by atoms with Gasteiger partial charge in [-0.15, -0.1) is 0 Å². The fraction of sp³-hybridized carbons (Fsp3) is 0.167. The molecule has 0 spiro atoms. The zero-order chi connectivity index (χ0) is 14.8. The van der Waals surface area contributed by atoms with Crippen molar-refractivity contribution in [1.82, 2.24) is 9.97 Å². The molecule has 0 aliphatic heterocycles. The number of nitrogens with one attached hydrogen (secondary N) is 1. The van der Waals surface area contributed by atoms with E-state index in [0.29, 0.717) is 11.6 Å². The van der Waals surface area contributed by atoms with Gasteiger partial charge in [-0.1, -0.05) is 0 Å². The van der Waals surface area contributed by atoms with Crippen LogP contribution < -0.4 is 15.8 Å².